The maximum absolute atomic E-state index is 14.3. The number of anilines is 1. The van der Waals surface area contributed by atoms with Gasteiger partial charge in [0.15, 0.2) is 17.2 Å². The van der Waals surface area contributed by atoms with Crippen LogP contribution in [0.5, 0.6) is 5.75 Å². The molecule has 5 nitrogen and oxygen atoms in total. The zero-order chi connectivity index (χ0) is 22.3. The number of halogens is 5. The van der Waals surface area contributed by atoms with Gasteiger partial charge in [-0.15, -0.1) is 0 Å². The summed E-state index contributed by atoms with van der Waals surface area (Å²) in [6.45, 7) is 2.07. The molecule has 0 unspecified atom stereocenters. The minimum absolute atomic E-state index is 0.0942. The Labute approximate surface area is 169 Å². The predicted octanol–water partition coefficient (Wildman–Crippen LogP) is 4.45. The highest BCUT2D eigenvalue weighted by Gasteiger charge is 2.65. The van der Waals surface area contributed by atoms with E-state index < -0.39 is 53.0 Å². The summed E-state index contributed by atoms with van der Waals surface area (Å²) in [4.78, 5) is 16.7. The molecule has 1 aromatic carbocycles. The summed E-state index contributed by atoms with van der Waals surface area (Å²) in [7, 11) is 1.06. The Morgan fingerprint density at radius 1 is 1.27 bits per heavy atom. The van der Waals surface area contributed by atoms with E-state index in [2.05, 4.69) is 10.3 Å². The summed E-state index contributed by atoms with van der Waals surface area (Å²) in [5.74, 6) is -6.61. The monoisotopic (exact) mass is 430 g/mol. The number of aromatic nitrogens is 1. The fourth-order valence-corrected chi connectivity index (χ4v) is 3.69. The minimum Gasteiger partial charge on any atom is -0.493 e. The van der Waals surface area contributed by atoms with Gasteiger partial charge in [-0.25, -0.2) is 4.39 Å². The fourth-order valence-electron chi connectivity index (χ4n) is 3.69. The third-order valence-electron chi connectivity index (χ3n) is 5.50. The Morgan fingerprint density at radius 2 is 1.97 bits per heavy atom. The number of pyridine rings is 1. The van der Waals surface area contributed by atoms with Gasteiger partial charge in [-0.2, -0.15) is 17.6 Å². The molecule has 0 aliphatic carbocycles. The Morgan fingerprint density at radius 3 is 2.53 bits per heavy atom. The second-order valence-corrected chi connectivity index (χ2v) is 7.17. The molecule has 4 atom stereocenters. The number of alkyl halides is 3. The first-order chi connectivity index (χ1) is 14.0. The van der Waals surface area contributed by atoms with Crippen molar-refractivity contribution in [2.24, 2.45) is 5.92 Å². The number of methoxy groups -OCH3 is 1. The third-order valence-corrected chi connectivity index (χ3v) is 5.50. The van der Waals surface area contributed by atoms with Gasteiger partial charge in [0.2, 0.25) is 5.82 Å². The second-order valence-electron chi connectivity index (χ2n) is 7.17. The molecule has 0 bridgehead atoms. The van der Waals surface area contributed by atoms with E-state index in [0.29, 0.717) is 0 Å². The summed E-state index contributed by atoms with van der Waals surface area (Å²) in [6, 6.07) is 4.91. The van der Waals surface area contributed by atoms with Crippen LogP contribution >= 0.6 is 0 Å². The zero-order valence-electron chi connectivity index (χ0n) is 16.3. The van der Waals surface area contributed by atoms with Crippen molar-refractivity contribution in [2.75, 3.05) is 12.4 Å². The lowest BCUT2D eigenvalue weighted by molar-refractivity contribution is -0.272. The van der Waals surface area contributed by atoms with E-state index in [1.165, 1.54) is 31.5 Å². The minimum atomic E-state index is -4.82. The number of amides is 1. The van der Waals surface area contributed by atoms with Gasteiger partial charge in [0, 0.05) is 23.6 Å². The molecule has 1 N–H and O–H groups in total. The van der Waals surface area contributed by atoms with E-state index in [1.54, 1.807) is 0 Å². The molecule has 30 heavy (non-hydrogen) atoms. The van der Waals surface area contributed by atoms with Crippen molar-refractivity contribution >= 4 is 11.6 Å². The first kappa shape index (κ1) is 21.9. The van der Waals surface area contributed by atoms with Crippen LogP contribution in [0, 0.1) is 17.6 Å². The quantitative estimate of drug-likeness (QED) is 0.729. The fraction of sp³-hybridized carbons (Fsp3) is 0.400. The predicted molar refractivity (Wildman–Crippen MR) is 97.0 cm³/mol. The van der Waals surface area contributed by atoms with Gasteiger partial charge >= 0.3 is 6.18 Å². The Balaban J connectivity index is 2.09. The van der Waals surface area contributed by atoms with Crippen LogP contribution in [-0.2, 0) is 9.53 Å². The number of carbonyl (C=O) groups excluding carboxylic acids is 1. The average Bonchev–Trinajstić information content (AvgIpc) is 2.97. The van der Waals surface area contributed by atoms with Crippen molar-refractivity contribution in [3.63, 3.8) is 0 Å². The van der Waals surface area contributed by atoms with Crippen molar-refractivity contribution in [1.82, 2.24) is 4.98 Å². The molecule has 162 valence electrons. The molecule has 1 aliphatic rings. The average molecular weight is 430 g/mol. The lowest BCUT2D eigenvalue weighted by Gasteiger charge is -2.32. The van der Waals surface area contributed by atoms with Gasteiger partial charge in [-0.05, 0) is 25.1 Å². The van der Waals surface area contributed by atoms with Crippen LogP contribution in [0.2, 0.25) is 0 Å². The lowest BCUT2D eigenvalue weighted by Crippen LogP contribution is -2.47. The molecule has 0 saturated carbocycles. The van der Waals surface area contributed by atoms with Crippen LogP contribution in [0.4, 0.5) is 27.6 Å². The van der Waals surface area contributed by atoms with Crippen molar-refractivity contribution < 1.29 is 36.2 Å². The maximum Gasteiger partial charge on any atom is 0.417 e. The number of nitrogens with zero attached hydrogens (tertiary/aromatic N) is 1. The highest BCUT2D eigenvalue weighted by molar-refractivity contribution is 5.95. The standard InChI is InChI=1S/C20H19F5N2O3/c1-10-14(12-6-7-13(21)15(22)16(12)29-3)17(30-19(10,2)20(23,24)25)18(28)27-11-5-4-8-26-9-11/h4-10,14,17H,1-3H3,(H,27,28)/t10-,14-,17+,19+/m1/s1. The summed E-state index contributed by atoms with van der Waals surface area (Å²) in [6.07, 6.45) is -3.70. The van der Waals surface area contributed by atoms with Crippen molar-refractivity contribution in [3.05, 3.63) is 53.9 Å². The molecule has 2 aromatic rings. The summed E-state index contributed by atoms with van der Waals surface area (Å²) in [5, 5.41) is 2.45. The molecule has 1 amide bonds. The van der Waals surface area contributed by atoms with Gasteiger partial charge in [0.25, 0.3) is 5.91 Å². The number of carbonyl (C=O) groups is 1. The van der Waals surface area contributed by atoms with Crippen molar-refractivity contribution in [2.45, 2.75) is 37.6 Å². The van der Waals surface area contributed by atoms with Crippen LogP contribution in [0.3, 0.4) is 0 Å². The SMILES string of the molecule is COc1c([C@@H]2[C@@H](C(=O)Nc3cccnc3)O[C@](C)(C(F)(F)F)[C@@H]2C)ccc(F)c1F. The molecule has 1 fully saturated rings. The van der Waals surface area contributed by atoms with Crippen LogP contribution < -0.4 is 10.1 Å². The van der Waals surface area contributed by atoms with Crippen LogP contribution in [-0.4, -0.2) is 35.9 Å². The Bertz CT molecular complexity index is 938. The largest absolute Gasteiger partial charge is 0.493 e. The molecule has 1 aromatic heterocycles. The van der Waals surface area contributed by atoms with E-state index in [4.69, 9.17) is 9.47 Å². The van der Waals surface area contributed by atoms with Crippen LogP contribution in [0.1, 0.15) is 25.3 Å². The van der Waals surface area contributed by atoms with Crippen molar-refractivity contribution in [3.8, 4) is 5.75 Å². The van der Waals surface area contributed by atoms with E-state index >= 15 is 0 Å². The zero-order valence-corrected chi connectivity index (χ0v) is 16.3. The Kier molecular flexibility index (Phi) is 5.72. The van der Waals surface area contributed by atoms with Gasteiger partial charge in [-0.3, -0.25) is 9.78 Å². The molecule has 0 spiro atoms. The van der Waals surface area contributed by atoms with Gasteiger partial charge < -0.3 is 14.8 Å². The van der Waals surface area contributed by atoms with E-state index in [9.17, 15) is 26.7 Å². The molecule has 10 heteroatoms. The molecular formula is C20H19F5N2O3. The van der Waals surface area contributed by atoms with E-state index in [-0.39, 0.29) is 11.3 Å². The topological polar surface area (TPSA) is 60.5 Å². The van der Waals surface area contributed by atoms with E-state index in [1.807, 2.05) is 0 Å². The number of rotatable bonds is 4. The summed E-state index contributed by atoms with van der Waals surface area (Å²) in [5.41, 5.74) is -2.55. The number of ether oxygens (including phenoxy) is 2. The summed E-state index contributed by atoms with van der Waals surface area (Å²) >= 11 is 0. The molecular weight excluding hydrogens is 411 g/mol. The van der Waals surface area contributed by atoms with Gasteiger partial charge in [0.1, 0.15) is 6.10 Å². The van der Waals surface area contributed by atoms with E-state index in [0.717, 1.165) is 26.2 Å². The molecule has 2 heterocycles. The number of hydrogen-bond donors (Lipinski definition) is 1. The third kappa shape index (κ3) is 3.60. The maximum atomic E-state index is 14.3. The van der Waals surface area contributed by atoms with Gasteiger partial charge in [-0.1, -0.05) is 13.0 Å². The normalized spacial score (nSPS) is 26.5. The Hall–Kier alpha value is -2.75. The first-order valence-electron chi connectivity index (χ1n) is 8.98. The molecule has 0 radical (unpaired) electrons. The highest BCUT2D eigenvalue weighted by Crippen LogP contribution is 2.54. The number of nitrogens with one attached hydrogen (secondary N) is 1. The summed E-state index contributed by atoms with van der Waals surface area (Å²) < 4.78 is 79.7. The first-order valence-corrected chi connectivity index (χ1v) is 8.98. The second kappa shape index (κ2) is 7.82. The highest BCUT2D eigenvalue weighted by atomic mass is 19.4. The van der Waals surface area contributed by atoms with Crippen LogP contribution in [0.25, 0.3) is 0 Å². The van der Waals surface area contributed by atoms with Crippen LogP contribution in [0.15, 0.2) is 36.7 Å². The smallest absolute Gasteiger partial charge is 0.417 e. The van der Waals surface area contributed by atoms with Gasteiger partial charge in [0.05, 0.1) is 19.0 Å². The molecule has 1 saturated heterocycles. The number of hydrogen-bond acceptors (Lipinski definition) is 4. The molecule has 3 rings (SSSR count). The number of benzene rings is 1. The lowest BCUT2D eigenvalue weighted by atomic mass is 9.77. The molecule has 1 aliphatic heterocycles. The van der Waals surface area contributed by atoms with Crippen molar-refractivity contribution in [1.29, 1.82) is 0 Å².